The number of halogens is 2. The van der Waals surface area contributed by atoms with Gasteiger partial charge in [-0.05, 0) is 37.6 Å². The van der Waals surface area contributed by atoms with Gasteiger partial charge in [-0.15, -0.1) is 0 Å². The lowest BCUT2D eigenvalue weighted by Crippen LogP contribution is -2.39. The Morgan fingerprint density at radius 2 is 1.75 bits per heavy atom. The van der Waals surface area contributed by atoms with E-state index in [-0.39, 0.29) is 39.3 Å². The van der Waals surface area contributed by atoms with E-state index >= 15 is 0 Å². The fourth-order valence-corrected chi connectivity index (χ4v) is 4.20. The Labute approximate surface area is 194 Å². The van der Waals surface area contributed by atoms with Crippen LogP contribution in [0, 0.1) is 20.2 Å². The van der Waals surface area contributed by atoms with Crippen LogP contribution in [-0.2, 0) is 11.2 Å². The van der Waals surface area contributed by atoms with Crippen molar-refractivity contribution >= 4 is 40.5 Å². The summed E-state index contributed by atoms with van der Waals surface area (Å²) in [6.07, 6.45) is 1.85. The van der Waals surface area contributed by atoms with Gasteiger partial charge in [-0.3, -0.25) is 25.0 Å². The summed E-state index contributed by atoms with van der Waals surface area (Å²) in [5.74, 6) is -0.373. The van der Waals surface area contributed by atoms with Gasteiger partial charge in [-0.1, -0.05) is 35.3 Å². The van der Waals surface area contributed by atoms with E-state index < -0.39 is 15.9 Å². The zero-order chi connectivity index (χ0) is 23.4. The summed E-state index contributed by atoms with van der Waals surface area (Å²) < 4.78 is 0. The van der Waals surface area contributed by atoms with E-state index in [0.29, 0.717) is 12.1 Å². The normalized spacial score (nSPS) is 14.8. The highest BCUT2D eigenvalue weighted by Gasteiger charge is 2.28. The molecule has 2 aromatic carbocycles. The second kappa shape index (κ2) is 10.2. The van der Waals surface area contributed by atoms with Crippen LogP contribution in [0.15, 0.2) is 36.4 Å². The fraction of sp³-hybridized carbons (Fsp3) is 0.381. The number of hydrogen-bond acceptors (Lipinski definition) is 6. The molecule has 0 N–H and O–H groups in total. The third-order valence-corrected chi connectivity index (χ3v) is 6.34. The van der Waals surface area contributed by atoms with E-state index in [1.807, 2.05) is 0 Å². The van der Waals surface area contributed by atoms with E-state index in [9.17, 15) is 25.0 Å². The van der Waals surface area contributed by atoms with Crippen LogP contribution in [0.3, 0.4) is 0 Å². The lowest BCUT2D eigenvalue weighted by atomic mass is 10.0. The van der Waals surface area contributed by atoms with Crippen molar-refractivity contribution in [3.8, 4) is 0 Å². The number of nitro benzene ring substituents is 2. The lowest BCUT2D eigenvalue weighted by molar-refractivity contribution is -0.385. The average Bonchev–Trinajstić information content (AvgIpc) is 3.27. The van der Waals surface area contributed by atoms with Crippen LogP contribution in [0.2, 0.25) is 10.0 Å². The van der Waals surface area contributed by atoms with Gasteiger partial charge in [0.25, 0.3) is 11.4 Å². The van der Waals surface area contributed by atoms with Crippen molar-refractivity contribution in [1.29, 1.82) is 0 Å². The molecule has 2 aromatic rings. The Kier molecular flexibility index (Phi) is 7.65. The van der Waals surface area contributed by atoms with Gasteiger partial charge in [0.2, 0.25) is 5.91 Å². The Balaban J connectivity index is 1.90. The highest BCUT2D eigenvalue weighted by molar-refractivity contribution is 6.42. The number of nitrogens with zero attached hydrogens (tertiary/aromatic N) is 4. The number of hydrogen-bond donors (Lipinski definition) is 0. The number of amides is 1. The molecule has 32 heavy (non-hydrogen) atoms. The molecule has 1 amide bonds. The quantitative estimate of drug-likeness (QED) is 0.401. The van der Waals surface area contributed by atoms with Crippen LogP contribution in [0.5, 0.6) is 0 Å². The van der Waals surface area contributed by atoms with Gasteiger partial charge >= 0.3 is 0 Å². The van der Waals surface area contributed by atoms with Gasteiger partial charge in [0.1, 0.15) is 0 Å². The molecular weight excluding hydrogens is 459 g/mol. The third kappa shape index (κ3) is 5.53. The van der Waals surface area contributed by atoms with Crippen LogP contribution in [0.1, 0.15) is 30.0 Å². The van der Waals surface area contributed by atoms with Crippen LogP contribution in [0.25, 0.3) is 0 Å². The number of likely N-dealkylation sites (tertiary alicyclic amines) is 1. The van der Waals surface area contributed by atoms with Gasteiger partial charge in [-0.25, -0.2) is 0 Å². The molecule has 0 aliphatic carbocycles. The van der Waals surface area contributed by atoms with Crippen molar-refractivity contribution in [1.82, 2.24) is 9.80 Å². The standard InChI is InChI=1S/C21H22Cl2N4O5/c1-24(21(28)11-15-10-17(22)18(23)12-19(15)27(31)32)20(13-25-7-2-3-8-25)14-5-4-6-16(9-14)26(29)30/h4-6,9-10,12,20H,2-3,7-8,11,13H2,1H3/t20-/m1/s1. The summed E-state index contributed by atoms with van der Waals surface area (Å²) >= 11 is 11.9. The first-order valence-corrected chi connectivity index (χ1v) is 10.8. The summed E-state index contributed by atoms with van der Waals surface area (Å²) in [4.78, 5) is 38.5. The molecule has 1 saturated heterocycles. The maximum Gasteiger partial charge on any atom is 0.274 e. The van der Waals surface area contributed by atoms with Crippen molar-refractivity contribution < 1.29 is 14.6 Å². The molecule has 0 saturated carbocycles. The summed E-state index contributed by atoms with van der Waals surface area (Å²) in [7, 11) is 1.60. The first-order valence-electron chi connectivity index (χ1n) is 10.0. The highest BCUT2D eigenvalue weighted by atomic mass is 35.5. The van der Waals surface area contributed by atoms with E-state index in [1.54, 1.807) is 19.2 Å². The number of benzene rings is 2. The molecule has 0 bridgehead atoms. The Hall–Kier alpha value is -2.75. The van der Waals surface area contributed by atoms with Crippen molar-refractivity contribution in [2.24, 2.45) is 0 Å². The SMILES string of the molecule is CN(C(=O)Cc1cc(Cl)c(Cl)cc1[N+](=O)[O-])[C@H](CN1CCCC1)c1cccc([N+](=O)[O-])c1. The van der Waals surface area contributed by atoms with Crippen LogP contribution in [0.4, 0.5) is 11.4 Å². The van der Waals surface area contributed by atoms with E-state index in [4.69, 9.17) is 23.2 Å². The van der Waals surface area contributed by atoms with Gasteiger partial charge in [0.05, 0.1) is 32.4 Å². The Bertz CT molecular complexity index is 1040. The molecule has 1 atom stereocenters. The minimum absolute atomic E-state index is 0.0337. The summed E-state index contributed by atoms with van der Waals surface area (Å²) in [6.45, 7) is 2.27. The molecule has 1 aliphatic heterocycles. The molecule has 0 aromatic heterocycles. The van der Waals surface area contributed by atoms with E-state index in [1.165, 1.54) is 23.1 Å². The molecule has 11 heteroatoms. The number of non-ortho nitro benzene ring substituents is 1. The first-order chi connectivity index (χ1) is 15.2. The third-order valence-electron chi connectivity index (χ3n) is 5.62. The van der Waals surface area contributed by atoms with Crippen molar-refractivity contribution in [2.75, 3.05) is 26.7 Å². The summed E-state index contributed by atoms with van der Waals surface area (Å²) in [5, 5.41) is 22.8. The van der Waals surface area contributed by atoms with Crippen molar-refractivity contribution in [3.05, 3.63) is 77.8 Å². The molecule has 0 spiro atoms. The molecule has 170 valence electrons. The van der Waals surface area contributed by atoms with Gasteiger partial charge < -0.3 is 9.80 Å². The molecule has 0 radical (unpaired) electrons. The number of nitro groups is 2. The largest absolute Gasteiger partial charge is 0.337 e. The minimum Gasteiger partial charge on any atom is -0.337 e. The van der Waals surface area contributed by atoms with Gasteiger partial charge in [-0.2, -0.15) is 0 Å². The fourth-order valence-electron chi connectivity index (χ4n) is 3.86. The smallest absolute Gasteiger partial charge is 0.274 e. The highest BCUT2D eigenvalue weighted by Crippen LogP contribution is 2.32. The molecule has 1 aliphatic rings. The molecular formula is C21H22Cl2N4O5. The molecule has 1 heterocycles. The second-order valence-electron chi connectivity index (χ2n) is 7.71. The number of carbonyl (C=O) groups is 1. The Morgan fingerprint density at radius 1 is 1.09 bits per heavy atom. The van der Waals surface area contributed by atoms with Crippen LogP contribution < -0.4 is 0 Å². The molecule has 0 unspecified atom stereocenters. The number of rotatable bonds is 8. The van der Waals surface area contributed by atoms with Gasteiger partial charge in [0.15, 0.2) is 0 Å². The number of likely N-dealkylation sites (N-methyl/N-ethyl adjacent to an activating group) is 1. The second-order valence-corrected chi connectivity index (χ2v) is 8.52. The molecule has 9 nitrogen and oxygen atoms in total. The Morgan fingerprint density at radius 3 is 2.38 bits per heavy atom. The van der Waals surface area contributed by atoms with E-state index in [0.717, 1.165) is 32.0 Å². The predicted octanol–water partition coefficient (Wildman–Crippen LogP) is 4.65. The lowest BCUT2D eigenvalue weighted by Gasteiger charge is -2.32. The first kappa shape index (κ1) is 23.9. The summed E-state index contributed by atoms with van der Waals surface area (Å²) in [6, 6.07) is 8.21. The van der Waals surface area contributed by atoms with Crippen molar-refractivity contribution in [2.45, 2.75) is 25.3 Å². The minimum atomic E-state index is -0.604. The molecule has 1 fully saturated rings. The predicted molar refractivity (Wildman–Crippen MR) is 121 cm³/mol. The van der Waals surface area contributed by atoms with Gasteiger partial charge in [0, 0.05) is 37.4 Å². The maximum absolute atomic E-state index is 13.2. The van der Waals surface area contributed by atoms with Crippen LogP contribution in [-0.4, -0.2) is 52.2 Å². The van der Waals surface area contributed by atoms with Crippen molar-refractivity contribution in [3.63, 3.8) is 0 Å². The molecule has 3 rings (SSSR count). The zero-order valence-electron chi connectivity index (χ0n) is 17.4. The van der Waals surface area contributed by atoms with Crippen LogP contribution >= 0.6 is 23.2 Å². The zero-order valence-corrected chi connectivity index (χ0v) is 18.9. The summed E-state index contributed by atoms with van der Waals surface area (Å²) in [5.41, 5.74) is 0.438. The maximum atomic E-state index is 13.2. The van der Waals surface area contributed by atoms with E-state index in [2.05, 4.69) is 4.90 Å². The number of carbonyl (C=O) groups excluding carboxylic acids is 1. The average molecular weight is 481 g/mol. The topological polar surface area (TPSA) is 110 Å². The monoisotopic (exact) mass is 480 g/mol.